The molecule has 0 aliphatic heterocycles. The molecule has 0 saturated heterocycles. The number of hydrogen-bond acceptors (Lipinski definition) is 2. The lowest BCUT2D eigenvalue weighted by atomic mass is 9.91. The molecule has 0 amide bonds. The molecule has 0 aromatic heterocycles. The molecule has 1 rings (SSSR count). The number of nitrogens with two attached hydrogens (primary N) is 1. The van der Waals surface area contributed by atoms with Crippen LogP contribution in [0.25, 0.3) is 0 Å². The van der Waals surface area contributed by atoms with Crippen LogP contribution in [0.3, 0.4) is 0 Å². The molecule has 90 valence electrons. The molecule has 1 aromatic rings. The van der Waals surface area contributed by atoms with Crippen LogP contribution in [0, 0.1) is 17.6 Å². The minimum Gasteiger partial charge on any atom is -0.271 e. The number of hydrazine groups is 1. The molecule has 2 nitrogen and oxygen atoms in total. The van der Waals surface area contributed by atoms with Gasteiger partial charge in [0.15, 0.2) is 0 Å². The molecule has 1 aromatic carbocycles. The zero-order chi connectivity index (χ0) is 12.1. The number of halogens is 2. The van der Waals surface area contributed by atoms with E-state index in [1.54, 1.807) is 0 Å². The standard InChI is InChI=1S/C12H18F2N2/c1-3-4-8(2)12(16-15)9-5-10(13)7-11(14)6-9/h5-8,12,16H,3-4,15H2,1-2H3. The van der Waals surface area contributed by atoms with Crippen molar-refractivity contribution < 1.29 is 8.78 Å². The van der Waals surface area contributed by atoms with Crippen LogP contribution in [0.2, 0.25) is 0 Å². The summed E-state index contributed by atoms with van der Waals surface area (Å²) in [4.78, 5) is 0. The molecule has 0 fully saturated rings. The van der Waals surface area contributed by atoms with Gasteiger partial charge in [-0.1, -0.05) is 20.3 Å². The molecule has 2 unspecified atom stereocenters. The Balaban J connectivity index is 2.94. The van der Waals surface area contributed by atoms with E-state index in [1.807, 2.05) is 6.92 Å². The smallest absolute Gasteiger partial charge is 0.126 e. The van der Waals surface area contributed by atoms with Gasteiger partial charge in [-0.2, -0.15) is 0 Å². The summed E-state index contributed by atoms with van der Waals surface area (Å²) in [6.07, 6.45) is 1.96. The predicted molar refractivity (Wildman–Crippen MR) is 60.5 cm³/mol. The van der Waals surface area contributed by atoms with Crippen LogP contribution in [-0.2, 0) is 0 Å². The monoisotopic (exact) mass is 228 g/mol. The van der Waals surface area contributed by atoms with Crippen molar-refractivity contribution in [2.24, 2.45) is 11.8 Å². The molecule has 0 saturated carbocycles. The van der Waals surface area contributed by atoms with Gasteiger partial charge in [-0.15, -0.1) is 0 Å². The molecule has 0 bridgehead atoms. The molecular weight excluding hydrogens is 210 g/mol. The third-order valence-corrected chi connectivity index (χ3v) is 2.74. The first-order valence-electron chi connectivity index (χ1n) is 5.50. The lowest BCUT2D eigenvalue weighted by molar-refractivity contribution is 0.366. The Morgan fingerprint density at radius 2 is 1.81 bits per heavy atom. The average Bonchev–Trinajstić information content (AvgIpc) is 2.17. The summed E-state index contributed by atoms with van der Waals surface area (Å²) in [5.41, 5.74) is 3.18. The summed E-state index contributed by atoms with van der Waals surface area (Å²) in [6.45, 7) is 4.08. The van der Waals surface area contributed by atoms with E-state index in [0.29, 0.717) is 5.56 Å². The minimum absolute atomic E-state index is 0.217. The predicted octanol–water partition coefficient (Wildman–Crippen LogP) is 2.91. The topological polar surface area (TPSA) is 38.0 Å². The van der Waals surface area contributed by atoms with Gasteiger partial charge in [0, 0.05) is 12.1 Å². The molecule has 0 spiro atoms. The van der Waals surface area contributed by atoms with Gasteiger partial charge in [-0.3, -0.25) is 11.3 Å². The lowest BCUT2D eigenvalue weighted by Crippen LogP contribution is -2.32. The van der Waals surface area contributed by atoms with E-state index in [4.69, 9.17) is 5.84 Å². The maximum absolute atomic E-state index is 13.1. The maximum atomic E-state index is 13.1. The third kappa shape index (κ3) is 3.25. The number of rotatable bonds is 5. The molecule has 2 atom stereocenters. The second kappa shape index (κ2) is 5.92. The van der Waals surface area contributed by atoms with Crippen LogP contribution in [0.5, 0.6) is 0 Å². The SMILES string of the molecule is CCCC(C)C(NN)c1cc(F)cc(F)c1. The lowest BCUT2D eigenvalue weighted by Gasteiger charge is -2.23. The summed E-state index contributed by atoms with van der Waals surface area (Å²) in [5, 5.41) is 0. The highest BCUT2D eigenvalue weighted by Gasteiger charge is 2.18. The van der Waals surface area contributed by atoms with Crippen LogP contribution in [0.15, 0.2) is 18.2 Å². The second-order valence-corrected chi connectivity index (χ2v) is 4.11. The zero-order valence-electron chi connectivity index (χ0n) is 9.63. The fourth-order valence-electron chi connectivity index (χ4n) is 1.97. The average molecular weight is 228 g/mol. The molecule has 3 N–H and O–H groups in total. The van der Waals surface area contributed by atoms with Crippen molar-refractivity contribution >= 4 is 0 Å². The van der Waals surface area contributed by atoms with E-state index < -0.39 is 11.6 Å². The number of hydrogen-bond donors (Lipinski definition) is 2. The summed E-state index contributed by atoms with van der Waals surface area (Å²) in [6, 6.07) is 3.28. The molecule has 4 heteroatoms. The third-order valence-electron chi connectivity index (χ3n) is 2.74. The summed E-state index contributed by atoms with van der Waals surface area (Å²) in [7, 11) is 0. The Kier molecular flexibility index (Phi) is 4.83. The van der Waals surface area contributed by atoms with Gasteiger partial charge in [-0.25, -0.2) is 8.78 Å². The largest absolute Gasteiger partial charge is 0.271 e. The van der Waals surface area contributed by atoms with E-state index >= 15 is 0 Å². The minimum atomic E-state index is -0.570. The number of nitrogens with one attached hydrogen (secondary N) is 1. The molecular formula is C12H18F2N2. The van der Waals surface area contributed by atoms with Crippen LogP contribution in [0.4, 0.5) is 8.78 Å². The van der Waals surface area contributed by atoms with Crippen LogP contribution in [-0.4, -0.2) is 0 Å². The van der Waals surface area contributed by atoms with E-state index in [1.165, 1.54) is 12.1 Å². The van der Waals surface area contributed by atoms with E-state index in [-0.39, 0.29) is 12.0 Å². The Labute approximate surface area is 94.8 Å². The summed E-state index contributed by atoms with van der Waals surface area (Å²) >= 11 is 0. The van der Waals surface area contributed by atoms with Gasteiger partial charge >= 0.3 is 0 Å². The van der Waals surface area contributed by atoms with Gasteiger partial charge in [0.1, 0.15) is 11.6 Å². The van der Waals surface area contributed by atoms with Crippen molar-refractivity contribution in [3.8, 4) is 0 Å². The summed E-state index contributed by atoms with van der Waals surface area (Å²) in [5.74, 6) is 4.53. The Hall–Kier alpha value is -1.00. The van der Waals surface area contributed by atoms with E-state index in [0.717, 1.165) is 18.9 Å². The highest BCUT2D eigenvalue weighted by molar-refractivity contribution is 5.21. The van der Waals surface area contributed by atoms with Crippen LogP contribution < -0.4 is 11.3 Å². The highest BCUT2D eigenvalue weighted by Crippen LogP contribution is 2.25. The van der Waals surface area contributed by atoms with E-state index in [2.05, 4.69) is 12.3 Å². The quantitative estimate of drug-likeness (QED) is 0.600. The Morgan fingerprint density at radius 1 is 1.25 bits per heavy atom. The van der Waals surface area contributed by atoms with Crippen molar-refractivity contribution in [3.63, 3.8) is 0 Å². The van der Waals surface area contributed by atoms with Crippen molar-refractivity contribution in [1.82, 2.24) is 5.43 Å². The van der Waals surface area contributed by atoms with Gasteiger partial charge in [0.2, 0.25) is 0 Å². The molecule has 0 aliphatic rings. The van der Waals surface area contributed by atoms with Gasteiger partial charge in [0.25, 0.3) is 0 Å². The molecule has 0 aliphatic carbocycles. The maximum Gasteiger partial charge on any atom is 0.126 e. The van der Waals surface area contributed by atoms with Crippen molar-refractivity contribution in [1.29, 1.82) is 0 Å². The first kappa shape index (κ1) is 13.1. The van der Waals surface area contributed by atoms with Crippen LogP contribution in [0.1, 0.15) is 38.3 Å². The summed E-state index contributed by atoms with van der Waals surface area (Å²) < 4.78 is 26.1. The fraction of sp³-hybridized carbons (Fsp3) is 0.500. The normalized spacial score (nSPS) is 14.8. The highest BCUT2D eigenvalue weighted by atomic mass is 19.1. The van der Waals surface area contributed by atoms with Crippen molar-refractivity contribution in [2.75, 3.05) is 0 Å². The van der Waals surface area contributed by atoms with Gasteiger partial charge in [-0.05, 0) is 30.0 Å². The van der Waals surface area contributed by atoms with Crippen molar-refractivity contribution in [2.45, 2.75) is 32.7 Å². The van der Waals surface area contributed by atoms with Gasteiger partial charge < -0.3 is 0 Å². The number of benzene rings is 1. The Bertz CT molecular complexity index is 322. The van der Waals surface area contributed by atoms with Crippen LogP contribution >= 0.6 is 0 Å². The first-order valence-corrected chi connectivity index (χ1v) is 5.50. The first-order chi connectivity index (χ1) is 7.58. The molecule has 0 radical (unpaired) electrons. The molecule has 0 heterocycles. The molecule has 16 heavy (non-hydrogen) atoms. The second-order valence-electron chi connectivity index (χ2n) is 4.11. The van der Waals surface area contributed by atoms with Gasteiger partial charge in [0.05, 0.1) is 0 Å². The van der Waals surface area contributed by atoms with E-state index in [9.17, 15) is 8.78 Å². The Morgan fingerprint density at radius 3 is 2.25 bits per heavy atom. The zero-order valence-corrected chi connectivity index (χ0v) is 9.63. The fourth-order valence-corrected chi connectivity index (χ4v) is 1.97. The van der Waals surface area contributed by atoms with Crippen molar-refractivity contribution in [3.05, 3.63) is 35.4 Å².